The van der Waals surface area contributed by atoms with Crippen LogP contribution in [0, 0.1) is 25.7 Å². The average molecular weight is 344 g/mol. The van der Waals surface area contributed by atoms with Crippen LogP contribution < -0.4 is 10.2 Å². The summed E-state index contributed by atoms with van der Waals surface area (Å²) in [7, 11) is 0. The monoisotopic (exact) mass is 344 g/mol. The molecule has 1 aromatic rings. The Hall–Kier alpha value is -1.84. The lowest BCUT2D eigenvalue weighted by atomic mass is 9.99. The molecular formula is C21H32N2O2. The summed E-state index contributed by atoms with van der Waals surface area (Å²) in [5, 5.41) is 3.08. The molecule has 1 N–H and O–H groups in total. The van der Waals surface area contributed by atoms with Crippen molar-refractivity contribution in [1.29, 1.82) is 0 Å². The van der Waals surface area contributed by atoms with Crippen LogP contribution in [-0.2, 0) is 9.59 Å². The fraction of sp³-hybridized carbons (Fsp3) is 0.619. The lowest BCUT2D eigenvalue weighted by Gasteiger charge is -2.19. The smallest absolute Gasteiger partial charge is 0.227 e. The molecule has 0 unspecified atom stereocenters. The number of carbonyl (C=O) groups excluding carboxylic acids is 2. The van der Waals surface area contributed by atoms with E-state index in [1.165, 1.54) is 24.0 Å². The van der Waals surface area contributed by atoms with Gasteiger partial charge in [-0.3, -0.25) is 9.59 Å². The second-order valence-electron chi connectivity index (χ2n) is 7.34. The third-order valence-corrected chi connectivity index (χ3v) is 5.41. The molecule has 1 heterocycles. The second-order valence-corrected chi connectivity index (χ2v) is 7.34. The standard InChI is InChI=1S/C21H32N2O2/c1-5-7-8-17(6-2)13-22-21(25)18-12-20(24)23(14-18)19-10-9-15(3)16(4)11-19/h9-11,17-18H,5-8,12-14H2,1-4H3,(H,22,25)/t17-,18-/m0/s1. The molecule has 0 radical (unpaired) electrons. The minimum atomic E-state index is -0.238. The van der Waals surface area contributed by atoms with Gasteiger partial charge in [-0.1, -0.05) is 39.2 Å². The zero-order valence-electron chi connectivity index (χ0n) is 16.1. The Balaban J connectivity index is 1.92. The van der Waals surface area contributed by atoms with Gasteiger partial charge in [-0.25, -0.2) is 0 Å². The van der Waals surface area contributed by atoms with E-state index in [9.17, 15) is 9.59 Å². The summed E-state index contributed by atoms with van der Waals surface area (Å²) in [6, 6.07) is 6.04. The predicted molar refractivity (Wildman–Crippen MR) is 103 cm³/mol. The van der Waals surface area contributed by atoms with Gasteiger partial charge in [0.15, 0.2) is 0 Å². The van der Waals surface area contributed by atoms with Crippen LogP contribution in [0.1, 0.15) is 57.1 Å². The summed E-state index contributed by atoms with van der Waals surface area (Å²) in [6.45, 7) is 9.68. The maximum absolute atomic E-state index is 12.5. The first-order chi connectivity index (χ1) is 12.0. The van der Waals surface area contributed by atoms with Crippen molar-refractivity contribution < 1.29 is 9.59 Å². The van der Waals surface area contributed by atoms with Crippen LogP contribution in [0.5, 0.6) is 0 Å². The van der Waals surface area contributed by atoms with Crippen molar-refractivity contribution in [2.45, 2.75) is 59.8 Å². The summed E-state index contributed by atoms with van der Waals surface area (Å²) >= 11 is 0. The molecule has 0 aromatic heterocycles. The number of hydrogen-bond donors (Lipinski definition) is 1. The van der Waals surface area contributed by atoms with E-state index in [1.54, 1.807) is 4.90 Å². The Bertz CT molecular complexity index is 612. The topological polar surface area (TPSA) is 49.4 Å². The molecule has 1 aliphatic rings. The highest BCUT2D eigenvalue weighted by Crippen LogP contribution is 2.27. The van der Waals surface area contributed by atoms with E-state index >= 15 is 0 Å². The molecule has 2 rings (SSSR count). The fourth-order valence-electron chi connectivity index (χ4n) is 3.36. The van der Waals surface area contributed by atoms with Gasteiger partial charge in [0.25, 0.3) is 0 Å². The molecule has 1 aliphatic heterocycles. The summed E-state index contributed by atoms with van der Waals surface area (Å²) in [5.41, 5.74) is 3.28. The van der Waals surface area contributed by atoms with Crippen molar-refractivity contribution in [3.63, 3.8) is 0 Å². The first kappa shape index (κ1) is 19.5. The van der Waals surface area contributed by atoms with Crippen LogP contribution >= 0.6 is 0 Å². The number of unbranched alkanes of at least 4 members (excludes halogenated alkanes) is 1. The summed E-state index contributed by atoms with van der Waals surface area (Å²) < 4.78 is 0. The zero-order valence-corrected chi connectivity index (χ0v) is 16.1. The Morgan fingerprint density at radius 2 is 2.04 bits per heavy atom. The van der Waals surface area contributed by atoms with E-state index in [2.05, 4.69) is 26.1 Å². The molecule has 1 saturated heterocycles. The molecule has 1 fully saturated rings. The highest BCUT2D eigenvalue weighted by Gasteiger charge is 2.35. The highest BCUT2D eigenvalue weighted by atomic mass is 16.2. The van der Waals surface area contributed by atoms with Gasteiger partial charge in [0.05, 0.1) is 5.92 Å². The molecule has 0 spiro atoms. The molecule has 25 heavy (non-hydrogen) atoms. The number of nitrogens with zero attached hydrogens (tertiary/aromatic N) is 1. The first-order valence-electron chi connectivity index (χ1n) is 9.61. The van der Waals surface area contributed by atoms with E-state index in [0.29, 0.717) is 18.9 Å². The summed E-state index contributed by atoms with van der Waals surface area (Å²) in [5.74, 6) is 0.366. The van der Waals surface area contributed by atoms with Crippen molar-refractivity contribution in [1.82, 2.24) is 5.32 Å². The maximum Gasteiger partial charge on any atom is 0.227 e. The third kappa shape index (κ3) is 5.07. The van der Waals surface area contributed by atoms with Gasteiger partial charge < -0.3 is 10.2 Å². The minimum Gasteiger partial charge on any atom is -0.356 e. The number of carbonyl (C=O) groups is 2. The van der Waals surface area contributed by atoms with Crippen molar-refractivity contribution in [3.8, 4) is 0 Å². The van der Waals surface area contributed by atoms with Crippen molar-refractivity contribution in [2.24, 2.45) is 11.8 Å². The van der Waals surface area contributed by atoms with Gasteiger partial charge in [-0.2, -0.15) is 0 Å². The van der Waals surface area contributed by atoms with Crippen LogP contribution in [0.3, 0.4) is 0 Å². The first-order valence-corrected chi connectivity index (χ1v) is 9.61. The quantitative estimate of drug-likeness (QED) is 0.775. The van der Waals surface area contributed by atoms with Gasteiger partial charge in [0.1, 0.15) is 0 Å². The van der Waals surface area contributed by atoms with Gasteiger partial charge >= 0.3 is 0 Å². The third-order valence-electron chi connectivity index (χ3n) is 5.41. The van der Waals surface area contributed by atoms with Crippen LogP contribution in [0.15, 0.2) is 18.2 Å². The van der Waals surface area contributed by atoms with Crippen molar-refractivity contribution in [2.75, 3.05) is 18.0 Å². The SMILES string of the molecule is CCCC[C@H](CC)CNC(=O)[C@H]1CC(=O)N(c2ccc(C)c(C)c2)C1. The number of amides is 2. The van der Waals surface area contributed by atoms with Gasteiger partial charge in [0, 0.05) is 25.2 Å². The Kier molecular flexibility index (Phi) is 7.03. The molecule has 2 amide bonds. The number of nitrogens with one attached hydrogen (secondary N) is 1. The molecule has 4 heteroatoms. The van der Waals surface area contributed by atoms with Gasteiger partial charge in [-0.15, -0.1) is 0 Å². The largest absolute Gasteiger partial charge is 0.356 e. The number of aryl methyl sites for hydroxylation is 2. The van der Waals surface area contributed by atoms with Crippen molar-refractivity contribution in [3.05, 3.63) is 29.3 Å². The second kappa shape index (κ2) is 9.02. The molecule has 1 aromatic carbocycles. The van der Waals surface area contributed by atoms with E-state index < -0.39 is 0 Å². The molecular weight excluding hydrogens is 312 g/mol. The van der Waals surface area contributed by atoms with Gasteiger partial charge in [-0.05, 0) is 49.4 Å². The Morgan fingerprint density at radius 3 is 2.68 bits per heavy atom. The molecule has 0 aliphatic carbocycles. The molecule has 2 atom stereocenters. The summed E-state index contributed by atoms with van der Waals surface area (Å²) in [4.78, 5) is 26.6. The molecule has 138 valence electrons. The minimum absolute atomic E-state index is 0.0228. The number of anilines is 1. The zero-order chi connectivity index (χ0) is 18.4. The Morgan fingerprint density at radius 1 is 1.28 bits per heavy atom. The van der Waals surface area contributed by atoms with Gasteiger partial charge in [0.2, 0.25) is 11.8 Å². The fourth-order valence-corrected chi connectivity index (χ4v) is 3.36. The number of rotatable bonds is 8. The highest BCUT2D eigenvalue weighted by molar-refractivity contribution is 6.00. The van der Waals surface area contributed by atoms with E-state index in [1.807, 2.05) is 25.1 Å². The average Bonchev–Trinajstić information content (AvgIpc) is 2.99. The number of hydrogen-bond acceptors (Lipinski definition) is 2. The van der Waals surface area contributed by atoms with Crippen LogP contribution in [0.2, 0.25) is 0 Å². The molecule has 4 nitrogen and oxygen atoms in total. The van der Waals surface area contributed by atoms with E-state index in [4.69, 9.17) is 0 Å². The molecule has 0 saturated carbocycles. The number of benzene rings is 1. The Labute approximate surface area is 152 Å². The van der Waals surface area contributed by atoms with Crippen molar-refractivity contribution >= 4 is 17.5 Å². The lowest BCUT2D eigenvalue weighted by molar-refractivity contribution is -0.126. The lowest BCUT2D eigenvalue weighted by Crippen LogP contribution is -2.35. The normalized spacial score (nSPS) is 18.5. The van der Waals surface area contributed by atoms with Crippen LogP contribution in [0.4, 0.5) is 5.69 Å². The van der Waals surface area contributed by atoms with E-state index in [-0.39, 0.29) is 17.7 Å². The predicted octanol–water partition coefficient (Wildman–Crippen LogP) is 3.99. The maximum atomic E-state index is 12.5. The van der Waals surface area contributed by atoms with E-state index in [0.717, 1.165) is 25.1 Å². The van der Waals surface area contributed by atoms with Crippen LogP contribution in [0.25, 0.3) is 0 Å². The summed E-state index contributed by atoms with van der Waals surface area (Å²) in [6.07, 6.45) is 4.94. The van der Waals surface area contributed by atoms with Crippen LogP contribution in [-0.4, -0.2) is 24.9 Å². The molecule has 0 bridgehead atoms.